The van der Waals surface area contributed by atoms with E-state index in [1.807, 2.05) is 37.3 Å². The second-order valence-corrected chi connectivity index (χ2v) is 4.32. The first kappa shape index (κ1) is 14.2. The molecule has 0 unspecified atom stereocenters. The Morgan fingerprint density at radius 2 is 1.94 bits per heavy atom. The number of carbonyl (C=O) groups excluding carboxylic acids is 2. The third kappa shape index (κ3) is 4.99. The fourth-order valence-electron chi connectivity index (χ4n) is 1.68. The zero-order valence-electron chi connectivity index (χ0n) is 10.7. The molecule has 0 saturated carbocycles. The molecular formula is C14H20N2O2. The Morgan fingerprint density at radius 3 is 2.50 bits per heavy atom. The minimum atomic E-state index is -0.628. The number of rotatable bonds is 7. The second-order valence-electron chi connectivity index (χ2n) is 4.32. The number of benzene rings is 1. The molecule has 0 saturated heterocycles. The maximum absolute atomic E-state index is 11.6. The summed E-state index contributed by atoms with van der Waals surface area (Å²) in [7, 11) is 0. The summed E-state index contributed by atoms with van der Waals surface area (Å²) in [5, 5.41) is 2.69. The standard InChI is InChI=1S/C14H20N2O2/c1-2-3-9-13(17)16-12(14(15)18)10-11-7-5-4-6-8-11/h4-8,12H,2-3,9-10H2,1H3,(H2,15,18)(H,16,17)/t12-/m0/s1. The summed E-state index contributed by atoms with van der Waals surface area (Å²) < 4.78 is 0. The quantitative estimate of drug-likeness (QED) is 0.765. The van der Waals surface area contributed by atoms with E-state index in [-0.39, 0.29) is 5.91 Å². The summed E-state index contributed by atoms with van der Waals surface area (Å²) in [6.45, 7) is 2.02. The molecule has 1 aromatic carbocycles. The van der Waals surface area contributed by atoms with Gasteiger partial charge in [0.2, 0.25) is 11.8 Å². The Labute approximate surface area is 108 Å². The van der Waals surface area contributed by atoms with E-state index >= 15 is 0 Å². The first-order valence-electron chi connectivity index (χ1n) is 6.26. The van der Waals surface area contributed by atoms with Crippen LogP contribution in [0.2, 0.25) is 0 Å². The highest BCUT2D eigenvalue weighted by Crippen LogP contribution is 2.04. The van der Waals surface area contributed by atoms with E-state index in [2.05, 4.69) is 5.32 Å². The largest absolute Gasteiger partial charge is 0.368 e. The maximum Gasteiger partial charge on any atom is 0.240 e. The van der Waals surface area contributed by atoms with Crippen LogP contribution in [0.4, 0.5) is 0 Å². The molecule has 0 aliphatic heterocycles. The van der Waals surface area contributed by atoms with Gasteiger partial charge >= 0.3 is 0 Å². The molecule has 1 aromatic rings. The zero-order chi connectivity index (χ0) is 13.4. The number of hydrogen-bond acceptors (Lipinski definition) is 2. The molecule has 3 N–H and O–H groups in total. The Kier molecular flexibility index (Phi) is 5.91. The Balaban J connectivity index is 2.55. The van der Waals surface area contributed by atoms with Gasteiger partial charge in [-0.05, 0) is 12.0 Å². The van der Waals surface area contributed by atoms with Gasteiger partial charge in [0.15, 0.2) is 0 Å². The van der Waals surface area contributed by atoms with Crippen molar-refractivity contribution >= 4 is 11.8 Å². The minimum Gasteiger partial charge on any atom is -0.368 e. The molecule has 1 rings (SSSR count). The van der Waals surface area contributed by atoms with Gasteiger partial charge in [-0.3, -0.25) is 9.59 Å². The monoisotopic (exact) mass is 248 g/mol. The number of amides is 2. The SMILES string of the molecule is CCCCC(=O)N[C@@H](Cc1ccccc1)C(N)=O. The van der Waals surface area contributed by atoms with Crippen molar-refractivity contribution in [3.05, 3.63) is 35.9 Å². The zero-order valence-corrected chi connectivity index (χ0v) is 10.7. The van der Waals surface area contributed by atoms with Crippen LogP contribution in [-0.4, -0.2) is 17.9 Å². The number of primary amides is 1. The first-order valence-corrected chi connectivity index (χ1v) is 6.26. The Hall–Kier alpha value is -1.84. The lowest BCUT2D eigenvalue weighted by Crippen LogP contribution is -2.45. The molecule has 4 heteroatoms. The molecule has 0 aliphatic carbocycles. The fourth-order valence-corrected chi connectivity index (χ4v) is 1.68. The average molecular weight is 248 g/mol. The molecule has 1 atom stereocenters. The molecule has 0 fully saturated rings. The Bertz CT molecular complexity index is 390. The molecule has 98 valence electrons. The predicted octanol–water partition coefficient (Wildman–Crippen LogP) is 1.39. The van der Waals surface area contributed by atoms with E-state index in [4.69, 9.17) is 5.73 Å². The van der Waals surface area contributed by atoms with Gasteiger partial charge in [-0.15, -0.1) is 0 Å². The molecule has 0 spiro atoms. The van der Waals surface area contributed by atoms with Crippen LogP contribution in [0.3, 0.4) is 0 Å². The number of hydrogen-bond donors (Lipinski definition) is 2. The molecule has 4 nitrogen and oxygen atoms in total. The van der Waals surface area contributed by atoms with Gasteiger partial charge in [-0.1, -0.05) is 43.7 Å². The highest BCUT2D eigenvalue weighted by atomic mass is 16.2. The Morgan fingerprint density at radius 1 is 1.28 bits per heavy atom. The smallest absolute Gasteiger partial charge is 0.240 e. The van der Waals surface area contributed by atoms with E-state index < -0.39 is 11.9 Å². The number of nitrogens with one attached hydrogen (secondary N) is 1. The van der Waals surface area contributed by atoms with E-state index in [0.29, 0.717) is 12.8 Å². The predicted molar refractivity (Wildman–Crippen MR) is 70.8 cm³/mol. The lowest BCUT2D eigenvalue weighted by atomic mass is 10.1. The summed E-state index contributed by atoms with van der Waals surface area (Å²) in [5.41, 5.74) is 6.29. The molecule has 2 amide bonds. The van der Waals surface area contributed by atoms with E-state index in [1.165, 1.54) is 0 Å². The van der Waals surface area contributed by atoms with Crippen LogP contribution in [0.15, 0.2) is 30.3 Å². The van der Waals surface area contributed by atoms with Crippen LogP contribution in [-0.2, 0) is 16.0 Å². The van der Waals surface area contributed by atoms with Gasteiger partial charge in [0.05, 0.1) is 0 Å². The number of nitrogens with two attached hydrogens (primary N) is 1. The van der Waals surface area contributed by atoms with Crippen molar-refractivity contribution in [2.45, 2.75) is 38.6 Å². The second kappa shape index (κ2) is 7.48. The number of unbranched alkanes of at least 4 members (excludes halogenated alkanes) is 1. The van der Waals surface area contributed by atoms with E-state index in [9.17, 15) is 9.59 Å². The van der Waals surface area contributed by atoms with Crippen LogP contribution >= 0.6 is 0 Å². The summed E-state index contributed by atoms with van der Waals surface area (Å²) in [4.78, 5) is 22.9. The molecule has 0 radical (unpaired) electrons. The van der Waals surface area contributed by atoms with Crippen molar-refractivity contribution in [1.29, 1.82) is 0 Å². The highest BCUT2D eigenvalue weighted by Gasteiger charge is 2.17. The van der Waals surface area contributed by atoms with Crippen LogP contribution in [0.25, 0.3) is 0 Å². The van der Waals surface area contributed by atoms with Crippen molar-refractivity contribution in [3.63, 3.8) is 0 Å². The van der Waals surface area contributed by atoms with Gasteiger partial charge < -0.3 is 11.1 Å². The summed E-state index contributed by atoms with van der Waals surface area (Å²) in [6, 6.07) is 8.89. The summed E-state index contributed by atoms with van der Waals surface area (Å²) in [5.74, 6) is -0.611. The van der Waals surface area contributed by atoms with Crippen molar-refractivity contribution in [3.8, 4) is 0 Å². The van der Waals surface area contributed by atoms with Crippen LogP contribution in [0, 0.1) is 0 Å². The van der Waals surface area contributed by atoms with Crippen molar-refractivity contribution in [2.75, 3.05) is 0 Å². The number of carbonyl (C=O) groups is 2. The van der Waals surface area contributed by atoms with Gasteiger partial charge in [0, 0.05) is 12.8 Å². The van der Waals surface area contributed by atoms with Gasteiger partial charge in [0.1, 0.15) is 6.04 Å². The molecule has 0 heterocycles. The van der Waals surface area contributed by atoms with E-state index in [1.54, 1.807) is 0 Å². The highest BCUT2D eigenvalue weighted by molar-refractivity contribution is 5.86. The molecule has 0 aromatic heterocycles. The van der Waals surface area contributed by atoms with Crippen LogP contribution < -0.4 is 11.1 Å². The first-order chi connectivity index (χ1) is 8.63. The van der Waals surface area contributed by atoms with Crippen LogP contribution in [0.1, 0.15) is 31.7 Å². The summed E-state index contributed by atoms with van der Waals surface area (Å²) >= 11 is 0. The van der Waals surface area contributed by atoms with Gasteiger partial charge in [0.25, 0.3) is 0 Å². The molecule has 0 bridgehead atoms. The van der Waals surface area contributed by atoms with Gasteiger partial charge in [-0.25, -0.2) is 0 Å². The molecule has 18 heavy (non-hydrogen) atoms. The normalized spacial score (nSPS) is 11.8. The summed E-state index contributed by atoms with van der Waals surface area (Å²) in [6.07, 6.45) is 2.65. The lowest BCUT2D eigenvalue weighted by Gasteiger charge is -2.15. The average Bonchev–Trinajstić information content (AvgIpc) is 2.36. The van der Waals surface area contributed by atoms with Crippen molar-refractivity contribution in [1.82, 2.24) is 5.32 Å². The van der Waals surface area contributed by atoms with Crippen molar-refractivity contribution < 1.29 is 9.59 Å². The lowest BCUT2D eigenvalue weighted by molar-refractivity contribution is -0.127. The fraction of sp³-hybridized carbons (Fsp3) is 0.429. The third-order valence-electron chi connectivity index (χ3n) is 2.72. The van der Waals surface area contributed by atoms with Crippen LogP contribution in [0.5, 0.6) is 0 Å². The topological polar surface area (TPSA) is 72.2 Å². The minimum absolute atomic E-state index is 0.114. The van der Waals surface area contributed by atoms with Gasteiger partial charge in [-0.2, -0.15) is 0 Å². The third-order valence-corrected chi connectivity index (χ3v) is 2.72. The maximum atomic E-state index is 11.6. The molecule has 0 aliphatic rings. The van der Waals surface area contributed by atoms with E-state index in [0.717, 1.165) is 18.4 Å². The molecular weight excluding hydrogens is 228 g/mol. The van der Waals surface area contributed by atoms with Crippen molar-refractivity contribution in [2.24, 2.45) is 5.73 Å².